The third kappa shape index (κ3) is 1.75. The number of hydrogen-bond donors (Lipinski definition) is 0. The molecule has 0 fully saturated rings. The van der Waals surface area contributed by atoms with Crippen molar-refractivity contribution < 1.29 is 14.3 Å². The number of Topliss-reactive ketones (excluding diaryl/α,β-unsaturated/α-hetero) is 1. The summed E-state index contributed by atoms with van der Waals surface area (Å²) in [5, 5.41) is 0. The maximum Gasteiger partial charge on any atom is 0.189 e. The van der Waals surface area contributed by atoms with Gasteiger partial charge in [0.15, 0.2) is 5.78 Å². The minimum absolute atomic E-state index is 0.0545. The fourth-order valence-electron chi connectivity index (χ4n) is 1.98. The van der Waals surface area contributed by atoms with E-state index in [0.717, 1.165) is 28.9 Å². The summed E-state index contributed by atoms with van der Waals surface area (Å²) in [6, 6.07) is 3.83. The molecule has 0 aliphatic carbocycles. The average molecular weight is 206 g/mol. The number of fused-ring (bicyclic) bond motifs is 1. The van der Waals surface area contributed by atoms with Gasteiger partial charge in [0.1, 0.15) is 12.4 Å². The molecule has 0 N–H and O–H groups in total. The molecule has 15 heavy (non-hydrogen) atoms. The highest BCUT2D eigenvalue weighted by Gasteiger charge is 2.21. The Hall–Kier alpha value is -1.35. The van der Waals surface area contributed by atoms with Crippen molar-refractivity contribution in [2.24, 2.45) is 0 Å². The Morgan fingerprint density at radius 3 is 2.93 bits per heavy atom. The van der Waals surface area contributed by atoms with Crippen LogP contribution in [0.5, 0.6) is 5.75 Å². The van der Waals surface area contributed by atoms with E-state index in [2.05, 4.69) is 0 Å². The number of hydrogen-bond acceptors (Lipinski definition) is 3. The maximum absolute atomic E-state index is 11.8. The van der Waals surface area contributed by atoms with Gasteiger partial charge in [-0.15, -0.1) is 0 Å². The highest BCUT2D eigenvalue weighted by Crippen LogP contribution is 2.27. The van der Waals surface area contributed by atoms with E-state index < -0.39 is 0 Å². The molecule has 1 aliphatic heterocycles. The number of rotatable bonds is 1. The molecule has 0 saturated heterocycles. The molecule has 0 amide bonds. The Labute approximate surface area is 89.0 Å². The smallest absolute Gasteiger partial charge is 0.189 e. The van der Waals surface area contributed by atoms with E-state index in [9.17, 15) is 4.79 Å². The second kappa shape index (κ2) is 4.03. The molecule has 80 valence electrons. The Kier molecular flexibility index (Phi) is 2.73. The highest BCUT2D eigenvalue weighted by molar-refractivity contribution is 6.00. The Morgan fingerprint density at radius 1 is 1.40 bits per heavy atom. The topological polar surface area (TPSA) is 35.5 Å². The molecular weight excluding hydrogens is 192 g/mol. The fourth-order valence-corrected chi connectivity index (χ4v) is 1.98. The van der Waals surface area contributed by atoms with Crippen LogP contribution < -0.4 is 4.74 Å². The third-order valence-corrected chi connectivity index (χ3v) is 2.71. The first-order chi connectivity index (χ1) is 7.24. The first-order valence-electron chi connectivity index (χ1n) is 5.01. The second-order valence-corrected chi connectivity index (χ2v) is 3.66. The molecule has 3 nitrogen and oxygen atoms in total. The standard InChI is InChI=1S/C12H14O3/c1-8-3-4-11(14-2)9-5-6-15-7-10(13)12(8)9/h3-4H,5-7H2,1-2H3. The van der Waals surface area contributed by atoms with E-state index >= 15 is 0 Å². The van der Waals surface area contributed by atoms with Gasteiger partial charge in [-0.1, -0.05) is 6.07 Å². The summed E-state index contributed by atoms with van der Waals surface area (Å²) < 4.78 is 10.5. The minimum atomic E-state index is 0.0545. The van der Waals surface area contributed by atoms with Crippen LogP contribution in [0.25, 0.3) is 0 Å². The zero-order valence-corrected chi connectivity index (χ0v) is 9.00. The van der Waals surface area contributed by atoms with E-state index in [1.54, 1.807) is 7.11 Å². The van der Waals surface area contributed by atoms with Gasteiger partial charge < -0.3 is 9.47 Å². The summed E-state index contributed by atoms with van der Waals surface area (Å²) in [5.74, 6) is 0.841. The van der Waals surface area contributed by atoms with Crippen LogP contribution in [-0.2, 0) is 11.2 Å². The van der Waals surface area contributed by atoms with Crippen LogP contribution in [0.2, 0.25) is 0 Å². The van der Waals surface area contributed by atoms with Crippen LogP contribution in [0.4, 0.5) is 0 Å². The zero-order chi connectivity index (χ0) is 10.8. The molecule has 0 bridgehead atoms. The van der Waals surface area contributed by atoms with Crippen LogP contribution in [0.3, 0.4) is 0 Å². The van der Waals surface area contributed by atoms with E-state index in [0.29, 0.717) is 6.61 Å². The quantitative estimate of drug-likeness (QED) is 0.702. The number of ketones is 1. The molecule has 1 aromatic rings. The Bertz CT molecular complexity index is 396. The first-order valence-corrected chi connectivity index (χ1v) is 5.01. The van der Waals surface area contributed by atoms with Crippen molar-refractivity contribution in [3.05, 3.63) is 28.8 Å². The molecule has 1 aromatic carbocycles. The number of ether oxygens (including phenoxy) is 2. The fraction of sp³-hybridized carbons (Fsp3) is 0.417. The van der Waals surface area contributed by atoms with Gasteiger partial charge in [0, 0.05) is 17.5 Å². The summed E-state index contributed by atoms with van der Waals surface area (Å²) in [6.07, 6.45) is 0.742. The lowest BCUT2D eigenvalue weighted by atomic mass is 9.96. The number of carbonyl (C=O) groups is 1. The number of methoxy groups -OCH3 is 1. The molecule has 3 heteroatoms. The van der Waals surface area contributed by atoms with Gasteiger partial charge in [0.05, 0.1) is 13.7 Å². The SMILES string of the molecule is COc1ccc(C)c2c1CCOCC2=O. The van der Waals surface area contributed by atoms with Gasteiger partial charge in [-0.2, -0.15) is 0 Å². The Balaban J connectivity index is 2.60. The van der Waals surface area contributed by atoms with Gasteiger partial charge in [0.2, 0.25) is 0 Å². The van der Waals surface area contributed by atoms with Gasteiger partial charge in [0.25, 0.3) is 0 Å². The van der Waals surface area contributed by atoms with Gasteiger partial charge in [-0.25, -0.2) is 0 Å². The maximum atomic E-state index is 11.8. The predicted octanol–water partition coefficient (Wildman–Crippen LogP) is 1.76. The van der Waals surface area contributed by atoms with E-state index in [1.807, 2.05) is 19.1 Å². The predicted molar refractivity (Wildman–Crippen MR) is 56.6 cm³/mol. The van der Waals surface area contributed by atoms with Crippen LogP contribution in [0, 0.1) is 6.92 Å². The lowest BCUT2D eigenvalue weighted by Gasteiger charge is -2.12. The molecule has 1 aliphatic rings. The molecule has 0 radical (unpaired) electrons. The zero-order valence-electron chi connectivity index (χ0n) is 9.00. The summed E-state index contributed by atoms with van der Waals surface area (Å²) >= 11 is 0. The number of aryl methyl sites for hydroxylation is 1. The van der Waals surface area contributed by atoms with Crippen molar-refractivity contribution in [3.63, 3.8) is 0 Å². The van der Waals surface area contributed by atoms with Gasteiger partial charge in [-0.3, -0.25) is 4.79 Å². The van der Waals surface area contributed by atoms with Crippen LogP contribution in [-0.4, -0.2) is 26.1 Å². The summed E-state index contributed by atoms with van der Waals surface area (Å²) in [6.45, 7) is 2.71. The molecule has 0 aromatic heterocycles. The number of benzene rings is 1. The summed E-state index contributed by atoms with van der Waals surface area (Å²) in [5.41, 5.74) is 2.77. The summed E-state index contributed by atoms with van der Waals surface area (Å²) in [4.78, 5) is 11.8. The molecule has 1 heterocycles. The van der Waals surface area contributed by atoms with Crippen molar-refractivity contribution in [3.8, 4) is 5.75 Å². The lowest BCUT2D eigenvalue weighted by Crippen LogP contribution is -2.09. The van der Waals surface area contributed by atoms with Crippen LogP contribution in [0.15, 0.2) is 12.1 Å². The first kappa shape index (κ1) is 10.2. The molecule has 0 atom stereocenters. The Morgan fingerprint density at radius 2 is 2.20 bits per heavy atom. The van der Waals surface area contributed by atoms with Crippen molar-refractivity contribution in [2.75, 3.05) is 20.3 Å². The molecule has 2 rings (SSSR count). The largest absolute Gasteiger partial charge is 0.496 e. The van der Waals surface area contributed by atoms with Crippen molar-refractivity contribution in [1.82, 2.24) is 0 Å². The second-order valence-electron chi connectivity index (χ2n) is 3.66. The van der Waals surface area contributed by atoms with Gasteiger partial charge in [-0.05, 0) is 18.6 Å². The summed E-state index contributed by atoms with van der Waals surface area (Å²) in [7, 11) is 1.63. The minimum Gasteiger partial charge on any atom is -0.496 e. The average Bonchev–Trinajstić information content (AvgIpc) is 2.42. The molecule has 0 saturated carbocycles. The van der Waals surface area contributed by atoms with E-state index in [4.69, 9.17) is 9.47 Å². The van der Waals surface area contributed by atoms with E-state index in [1.165, 1.54) is 0 Å². The molecule has 0 unspecified atom stereocenters. The highest BCUT2D eigenvalue weighted by atomic mass is 16.5. The van der Waals surface area contributed by atoms with Crippen molar-refractivity contribution in [1.29, 1.82) is 0 Å². The molecular formula is C12H14O3. The van der Waals surface area contributed by atoms with Crippen LogP contribution in [0.1, 0.15) is 21.5 Å². The number of carbonyl (C=O) groups excluding carboxylic acids is 1. The lowest BCUT2D eigenvalue weighted by molar-refractivity contribution is 0.0788. The van der Waals surface area contributed by atoms with Crippen LogP contribution >= 0.6 is 0 Å². The van der Waals surface area contributed by atoms with Gasteiger partial charge >= 0.3 is 0 Å². The normalized spacial score (nSPS) is 15.7. The molecule has 0 spiro atoms. The van der Waals surface area contributed by atoms with Crippen molar-refractivity contribution in [2.45, 2.75) is 13.3 Å². The van der Waals surface area contributed by atoms with Crippen molar-refractivity contribution >= 4 is 5.78 Å². The van der Waals surface area contributed by atoms with E-state index in [-0.39, 0.29) is 12.4 Å². The third-order valence-electron chi connectivity index (χ3n) is 2.71. The monoisotopic (exact) mass is 206 g/mol.